The van der Waals surface area contributed by atoms with E-state index in [1.54, 1.807) is 6.20 Å². The molecule has 1 atom stereocenters. The van der Waals surface area contributed by atoms with Gasteiger partial charge in [0.1, 0.15) is 11.5 Å². The Morgan fingerprint density at radius 3 is 2.86 bits per heavy atom. The van der Waals surface area contributed by atoms with E-state index in [1.807, 2.05) is 23.1 Å². The zero-order valence-electron chi connectivity index (χ0n) is 15.7. The first-order chi connectivity index (χ1) is 13.7. The number of carbonyl (C=O) groups excluding carboxylic acids is 1. The Morgan fingerprint density at radius 1 is 1.29 bits per heavy atom. The average molecular weight is 390 g/mol. The number of carboxylic acid groups (broad SMARTS) is 1. The van der Waals surface area contributed by atoms with Gasteiger partial charge in [0.25, 0.3) is 6.47 Å². The van der Waals surface area contributed by atoms with Crippen molar-refractivity contribution in [3.05, 3.63) is 30.2 Å². The van der Waals surface area contributed by atoms with Crippen molar-refractivity contribution in [3.63, 3.8) is 0 Å². The molecule has 0 aliphatic carbocycles. The van der Waals surface area contributed by atoms with E-state index in [4.69, 9.17) is 19.1 Å². The number of hydrogen-bond acceptors (Lipinski definition) is 6. The normalized spacial score (nSPS) is 20.3. The second-order valence-corrected chi connectivity index (χ2v) is 6.86. The highest BCUT2D eigenvalue weighted by Gasteiger charge is 2.29. The summed E-state index contributed by atoms with van der Waals surface area (Å²) in [5.41, 5.74) is 0.887. The molecule has 0 spiro atoms. The van der Waals surface area contributed by atoms with E-state index < -0.39 is 0 Å². The first-order valence-electron chi connectivity index (χ1n) is 9.46. The molecule has 0 saturated carbocycles. The molecule has 2 fully saturated rings. The van der Waals surface area contributed by atoms with Crippen molar-refractivity contribution >= 4 is 12.4 Å². The number of aromatic nitrogens is 2. The molecule has 0 aromatic carbocycles. The molecule has 9 nitrogen and oxygen atoms in total. The van der Waals surface area contributed by atoms with Crippen LogP contribution in [0.2, 0.25) is 0 Å². The highest BCUT2D eigenvalue weighted by atomic mass is 16.5. The van der Waals surface area contributed by atoms with Gasteiger partial charge in [0, 0.05) is 39.0 Å². The van der Waals surface area contributed by atoms with Crippen LogP contribution >= 0.6 is 0 Å². The highest BCUT2D eigenvalue weighted by Crippen LogP contribution is 2.21. The van der Waals surface area contributed by atoms with Gasteiger partial charge in [-0.2, -0.15) is 5.10 Å². The number of aromatic amines is 1. The molecule has 2 saturated heterocycles. The Labute approximate surface area is 163 Å². The first-order valence-corrected chi connectivity index (χ1v) is 9.46. The van der Waals surface area contributed by atoms with E-state index in [0.717, 1.165) is 62.8 Å². The maximum atomic E-state index is 12.6. The molecule has 2 aromatic heterocycles. The fraction of sp³-hybridized carbons (Fsp3) is 0.526. The van der Waals surface area contributed by atoms with Gasteiger partial charge in [-0.25, -0.2) is 0 Å². The lowest BCUT2D eigenvalue weighted by molar-refractivity contribution is -0.135. The van der Waals surface area contributed by atoms with Crippen LogP contribution in [0.15, 0.2) is 28.8 Å². The average Bonchev–Trinajstić information content (AvgIpc) is 3.44. The molecule has 1 unspecified atom stereocenters. The molecule has 0 bridgehead atoms. The van der Waals surface area contributed by atoms with Crippen LogP contribution in [0.3, 0.4) is 0 Å². The molecule has 2 N–H and O–H groups in total. The molecule has 4 heterocycles. The van der Waals surface area contributed by atoms with E-state index in [2.05, 4.69) is 15.1 Å². The molecule has 1 amide bonds. The zero-order valence-corrected chi connectivity index (χ0v) is 15.7. The summed E-state index contributed by atoms with van der Waals surface area (Å²) < 4.78 is 11.3. The fourth-order valence-corrected chi connectivity index (χ4v) is 3.56. The lowest BCUT2D eigenvalue weighted by Crippen LogP contribution is -2.39. The Hall–Kier alpha value is -2.65. The van der Waals surface area contributed by atoms with E-state index in [1.165, 1.54) is 0 Å². The second-order valence-electron chi connectivity index (χ2n) is 6.86. The molecule has 2 aliphatic rings. The smallest absolute Gasteiger partial charge is 0.290 e. The third-order valence-corrected chi connectivity index (χ3v) is 4.99. The van der Waals surface area contributed by atoms with Crippen LogP contribution in [-0.4, -0.2) is 76.9 Å². The molecule has 9 heteroatoms. The number of carbonyl (C=O) groups is 2. The van der Waals surface area contributed by atoms with E-state index in [0.29, 0.717) is 13.2 Å². The number of nitrogens with zero attached hydrogens (tertiary/aromatic N) is 3. The van der Waals surface area contributed by atoms with Crippen LogP contribution in [-0.2, 0) is 20.9 Å². The largest absolute Gasteiger partial charge is 0.483 e. The quantitative estimate of drug-likeness (QED) is 0.760. The summed E-state index contributed by atoms with van der Waals surface area (Å²) in [7, 11) is 0. The summed E-state index contributed by atoms with van der Waals surface area (Å²) in [6.07, 6.45) is 3.57. The van der Waals surface area contributed by atoms with Gasteiger partial charge >= 0.3 is 0 Å². The molecule has 4 rings (SSSR count). The molecular weight excluding hydrogens is 364 g/mol. The number of amides is 1. The molecule has 152 valence electrons. The van der Waals surface area contributed by atoms with E-state index >= 15 is 0 Å². The number of furan rings is 1. The Balaban J connectivity index is 0.000000706. The van der Waals surface area contributed by atoms with Crippen molar-refractivity contribution in [3.8, 4) is 11.5 Å². The van der Waals surface area contributed by atoms with Crippen LogP contribution < -0.4 is 0 Å². The van der Waals surface area contributed by atoms with Crippen molar-refractivity contribution < 1.29 is 23.8 Å². The standard InChI is InChI=1S/C18H24N4O3.CH2O2/c23-18(14-5-11-24-13-14)22-8-1-7-21(9-10-22)12-15-2-3-17(25-15)16-4-6-19-20-16;2-1-3/h2-4,6,14H,1,5,7-13H2,(H,19,20);1H,(H,2,3). The summed E-state index contributed by atoms with van der Waals surface area (Å²) in [4.78, 5) is 25.3. The minimum atomic E-state index is -0.250. The predicted octanol–water partition coefficient (Wildman–Crippen LogP) is 1.44. The van der Waals surface area contributed by atoms with Crippen LogP contribution in [0.1, 0.15) is 18.6 Å². The maximum Gasteiger partial charge on any atom is 0.290 e. The molecule has 2 aromatic rings. The number of ether oxygens (including phenoxy) is 1. The van der Waals surface area contributed by atoms with Crippen molar-refractivity contribution in [2.45, 2.75) is 19.4 Å². The third kappa shape index (κ3) is 5.20. The van der Waals surface area contributed by atoms with Gasteiger partial charge in [-0.15, -0.1) is 0 Å². The topological polar surface area (TPSA) is 112 Å². The Bertz CT molecular complexity index is 739. The number of hydrogen-bond donors (Lipinski definition) is 2. The number of H-pyrrole nitrogens is 1. The van der Waals surface area contributed by atoms with Gasteiger partial charge in [0.05, 0.1) is 19.1 Å². The molecule has 2 aliphatic heterocycles. The minimum Gasteiger partial charge on any atom is -0.483 e. The lowest BCUT2D eigenvalue weighted by Gasteiger charge is -2.23. The number of nitrogens with one attached hydrogen (secondary N) is 1. The second kappa shape index (κ2) is 10.0. The zero-order chi connectivity index (χ0) is 19.8. The van der Waals surface area contributed by atoms with Crippen molar-refractivity contribution in [2.75, 3.05) is 39.4 Å². The third-order valence-electron chi connectivity index (χ3n) is 4.99. The van der Waals surface area contributed by atoms with Gasteiger partial charge in [0.15, 0.2) is 5.76 Å². The SMILES string of the molecule is O=C(C1CCOC1)N1CCCN(Cc2ccc(-c3ccn[nH]3)o2)CC1.O=CO. The van der Waals surface area contributed by atoms with Crippen molar-refractivity contribution in [2.24, 2.45) is 5.92 Å². The van der Waals surface area contributed by atoms with Crippen molar-refractivity contribution in [1.29, 1.82) is 0 Å². The van der Waals surface area contributed by atoms with Crippen LogP contribution in [0.25, 0.3) is 11.5 Å². The first kappa shape index (κ1) is 20.1. The minimum absolute atomic E-state index is 0.0635. The summed E-state index contributed by atoms with van der Waals surface area (Å²) in [6.45, 7) is 5.29. The van der Waals surface area contributed by atoms with Crippen molar-refractivity contribution in [1.82, 2.24) is 20.0 Å². The molecule has 0 radical (unpaired) electrons. The van der Waals surface area contributed by atoms with Gasteiger partial charge in [-0.3, -0.25) is 19.6 Å². The highest BCUT2D eigenvalue weighted by molar-refractivity contribution is 5.79. The van der Waals surface area contributed by atoms with Gasteiger partial charge in [0.2, 0.25) is 5.91 Å². The summed E-state index contributed by atoms with van der Waals surface area (Å²) in [5.74, 6) is 2.07. The van der Waals surface area contributed by atoms with E-state index in [9.17, 15) is 4.79 Å². The maximum absolute atomic E-state index is 12.6. The number of rotatable bonds is 4. The van der Waals surface area contributed by atoms with Gasteiger partial charge in [-0.1, -0.05) is 0 Å². The van der Waals surface area contributed by atoms with Gasteiger partial charge < -0.3 is 19.2 Å². The fourth-order valence-electron chi connectivity index (χ4n) is 3.56. The van der Waals surface area contributed by atoms with Gasteiger partial charge in [-0.05, 0) is 31.0 Å². The predicted molar refractivity (Wildman–Crippen MR) is 100 cm³/mol. The summed E-state index contributed by atoms with van der Waals surface area (Å²) in [6, 6.07) is 5.88. The van der Waals surface area contributed by atoms with Crippen LogP contribution in [0.5, 0.6) is 0 Å². The lowest BCUT2D eigenvalue weighted by atomic mass is 10.1. The summed E-state index contributed by atoms with van der Waals surface area (Å²) in [5, 5.41) is 13.8. The molecule has 28 heavy (non-hydrogen) atoms. The Kier molecular flexibility index (Phi) is 7.21. The van der Waals surface area contributed by atoms with E-state index in [-0.39, 0.29) is 18.3 Å². The molecular formula is C19H26N4O5. The summed E-state index contributed by atoms with van der Waals surface area (Å²) >= 11 is 0. The van der Waals surface area contributed by atoms with Crippen LogP contribution in [0, 0.1) is 5.92 Å². The van der Waals surface area contributed by atoms with Crippen LogP contribution in [0.4, 0.5) is 0 Å². The monoisotopic (exact) mass is 390 g/mol. The Morgan fingerprint density at radius 2 is 2.14 bits per heavy atom.